The second kappa shape index (κ2) is 3.62. The number of alkyl halides is 3. The number of hydrogen-bond donors (Lipinski definition) is 0. The van der Waals surface area contributed by atoms with E-state index in [2.05, 4.69) is 0 Å². The van der Waals surface area contributed by atoms with Crippen LogP contribution in [0.3, 0.4) is 0 Å². The molecule has 0 saturated carbocycles. The first-order chi connectivity index (χ1) is 6.64. The molecule has 0 aliphatic carbocycles. The lowest BCUT2D eigenvalue weighted by Crippen LogP contribution is -2.39. The summed E-state index contributed by atoms with van der Waals surface area (Å²) in [4.78, 5) is 0. The summed E-state index contributed by atoms with van der Waals surface area (Å²) in [5.74, 6) is 0. The highest BCUT2D eigenvalue weighted by Crippen LogP contribution is 2.34. The second-order valence-corrected chi connectivity index (χ2v) is 3.18. The Bertz CT molecular complexity index is 369. The molecule has 1 rings (SSSR count). The van der Waals surface area contributed by atoms with E-state index < -0.39 is 29.2 Å². The summed E-state index contributed by atoms with van der Waals surface area (Å²) < 4.78 is 73.6. The maximum absolute atomic E-state index is 12.3. The average molecular weight is 247 g/mol. The minimum atomic E-state index is -5.73. The fourth-order valence-electron chi connectivity index (χ4n) is 1.11. The summed E-state index contributed by atoms with van der Waals surface area (Å²) in [5.41, 5.74) is -3.53. The third kappa shape index (κ3) is 2.59. The zero-order valence-electron chi connectivity index (χ0n) is 6.96. The fraction of sp³-hybridized carbons (Fsp3) is 0.143. The van der Waals surface area contributed by atoms with Crippen molar-refractivity contribution in [2.75, 3.05) is 0 Å². The lowest BCUT2D eigenvalue weighted by Gasteiger charge is -2.21. The summed E-state index contributed by atoms with van der Waals surface area (Å²) in [6, 6.07) is 1.98. The molecular formula is C7H3BClF6-. The van der Waals surface area contributed by atoms with E-state index in [1.165, 1.54) is 0 Å². The SMILES string of the molecule is F[B-](F)(F)c1cccc(Cl)c1C(F)(F)F. The molecule has 0 amide bonds. The van der Waals surface area contributed by atoms with Crippen LogP contribution in [-0.4, -0.2) is 6.98 Å². The summed E-state index contributed by atoms with van der Waals surface area (Å²) in [6.07, 6.45) is -5.11. The van der Waals surface area contributed by atoms with E-state index in [0.717, 1.165) is 12.1 Å². The molecule has 0 fully saturated rings. The van der Waals surface area contributed by atoms with Gasteiger partial charge < -0.3 is 12.9 Å². The van der Waals surface area contributed by atoms with Crippen molar-refractivity contribution < 1.29 is 26.1 Å². The van der Waals surface area contributed by atoms with Gasteiger partial charge in [0.1, 0.15) is 0 Å². The van der Waals surface area contributed by atoms with E-state index >= 15 is 0 Å². The minimum absolute atomic E-state index is 0.370. The van der Waals surface area contributed by atoms with Crippen LogP contribution in [0.15, 0.2) is 18.2 Å². The van der Waals surface area contributed by atoms with Crippen molar-refractivity contribution in [1.82, 2.24) is 0 Å². The predicted octanol–water partition coefficient (Wildman–Crippen LogP) is 3.41. The van der Waals surface area contributed by atoms with E-state index in [9.17, 15) is 26.1 Å². The quantitative estimate of drug-likeness (QED) is 0.527. The smallest absolute Gasteiger partial charge is 0.445 e. The van der Waals surface area contributed by atoms with Gasteiger partial charge in [-0.05, 0) is 6.07 Å². The number of hydrogen-bond acceptors (Lipinski definition) is 0. The standard InChI is InChI=1S/C7H3BClF6/c9-5-3-1-2-4(8(13,14)15)6(5)7(10,11)12/h1-3H/q-1. The number of halogens is 7. The molecule has 0 heterocycles. The second-order valence-electron chi connectivity index (χ2n) is 2.78. The maximum atomic E-state index is 12.3. The topological polar surface area (TPSA) is 0 Å². The van der Waals surface area contributed by atoms with Crippen molar-refractivity contribution in [1.29, 1.82) is 0 Å². The highest BCUT2D eigenvalue weighted by atomic mass is 35.5. The fourth-order valence-corrected chi connectivity index (χ4v) is 1.40. The van der Waals surface area contributed by atoms with Gasteiger partial charge in [-0.15, -0.1) is 0 Å². The highest BCUT2D eigenvalue weighted by Gasteiger charge is 2.41. The summed E-state index contributed by atoms with van der Waals surface area (Å²) in [5, 5.41) is -0.945. The van der Waals surface area contributed by atoms with Gasteiger partial charge in [-0.3, -0.25) is 0 Å². The summed E-state index contributed by atoms with van der Waals surface area (Å²) in [6.45, 7) is -5.73. The van der Waals surface area contributed by atoms with Gasteiger partial charge in [0.05, 0.1) is 0 Å². The zero-order chi connectivity index (χ0) is 11.9. The molecule has 0 aromatic heterocycles. The van der Waals surface area contributed by atoms with E-state index in [1.54, 1.807) is 0 Å². The Kier molecular flexibility index (Phi) is 2.95. The summed E-state index contributed by atoms with van der Waals surface area (Å²) in [7, 11) is 0. The Morgan fingerprint density at radius 2 is 1.60 bits per heavy atom. The molecular weight excluding hydrogens is 244 g/mol. The van der Waals surface area contributed by atoms with Gasteiger partial charge in [-0.2, -0.15) is 13.2 Å². The van der Waals surface area contributed by atoms with Crippen molar-refractivity contribution in [3.63, 3.8) is 0 Å². The molecule has 0 radical (unpaired) electrons. The van der Waals surface area contributed by atoms with Crippen molar-refractivity contribution in [3.8, 4) is 0 Å². The van der Waals surface area contributed by atoms with Crippen molar-refractivity contribution >= 4 is 24.0 Å². The first-order valence-corrected chi connectivity index (χ1v) is 4.07. The van der Waals surface area contributed by atoms with Gasteiger partial charge >= 0.3 is 13.2 Å². The van der Waals surface area contributed by atoms with Gasteiger partial charge in [-0.1, -0.05) is 29.2 Å². The molecule has 15 heavy (non-hydrogen) atoms. The Morgan fingerprint density at radius 3 is 1.93 bits per heavy atom. The first-order valence-electron chi connectivity index (χ1n) is 3.69. The molecule has 0 unspecified atom stereocenters. The van der Waals surface area contributed by atoms with Crippen LogP contribution in [0.1, 0.15) is 5.56 Å². The molecule has 8 heteroatoms. The van der Waals surface area contributed by atoms with Gasteiger partial charge in [0.25, 0.3) is 0 Å². The Morgan fingerprint density at radius 1 is 1.07 bits per heavy atom. The van der Waals surface area contributed by atoms with Gasteiger partial charge in [0.15, 0.2) is 0 Å². The molecule has 0 aliphatic heterocycles. The molecule has 0 spiro atoms. The van der Waals surface area contributed by atoms with Crippen LogP contribution < -0.4 is 5.46 Å². The van der Waals surface area contributed by atoms with Gasteiger partial charge in [0, 0.05) is 10.6 Å². The third-order valence-corrected chi connectivity index (χ3v) is 2.00. The van der Waals surface area contributed by atoms with Crippen LogP contribution >= 0.6 is 11.6 Å². The van der Waals surface area contributed by atoms with E-state index in [1.807, 2.05) is 0 Å². The predicted molar refractivity (Wildman–Crippen MR) is 45.2 cm³/mol. The molecule has 0 atom stereocenters. The number of rotatable bonds is 1. The number of benzene rings is 1. The van der Waals surface area contributed by atoms with Crippen molar-refractivity contribution in [3.05, 3.63) is 28.8 Å². The molecule has 0 N–H and O–H groups in total. The Hall–Kier alpha value is -0.845. The van der Waals surface area contributed by atoms with Crippen LogP contribution in [0.2, 0.25) is 5.02 Å². The third-order valence-electron chi connectivity index (χ3n) is 1.68. The molecule has 84 valence electrons. The molecule has 1 aromatic rings. The Labute approximate surface area is 85.9 Å². The average Bonchev–Trinajstić information content (AvgIpc) is 1.99. The van der Waals surface area contributed by atoms with Crippen LogP contribution in [0.5, 0.6) is 0 Å². The first kappa shape index (κ1) is 12.2. The van der Waals surface area contributed by atoms with E-state index in [0.29, 0.717) is 6.07 Å². The van der Waals surface area contributed by atoms with Crippen LogP contribution in [0, 0.1) is 0 Å². The Balaban J connectivity index is 3.48. The van der Waals surface area contributed by atoms with Crippen molar-refractivity contribution in [2.45, 2.75) is 6.18 Å². The van der Waals surface area contributed by atoms with Crippen molar-refractivity contribution in [2.24, 2.45) is 0 Å². The van der Waals surface area contributed by atoms with Crippen LogP contribution in [0.4, 0.5) is 26.1 Å². The van der Waals surface area contributed by atoms with Crippen LogP contribution in [-0.2, 0) is 6.18 Å². The molecule has 0 bridgehead atoms. The van der Waals surface area contributed by atoms with Gasteiger partial charge in [-0.25, -0.2) is 0 Å². The maximum Gasteiger partial charge on any atom is 0.510 e. The largest absolute Gasteiger partial charge is 0.510 e. The molecule has 0 nitrogen and oxygen atoms in total. The minimum Gasteiger partial charge on any atom is -0.445 e. The van der Waals surface area contributed by atoms with Crippen LogP contribution in [0.25, 0.3) is 0 Å². The lowest BCUT2D eigenvalue weighted by atomic mass is 9.76. The molecule has 0 saturated heterocycles. The summed E-state index contributed by atoms with van der Waals surface area (Å²) >= 11 is 5.11. The molecule has 0 aliphatic rings. The van der Waals surface area contributed by atoms with Gasteiger partial charge in [0.2, 0.25) is 0 Å². The van der Waals surface area contributed by atoms with E-state index in [-0.39, 0.29) is 0 Å². The highest BCUT2D eigenvalue weighted by molar-refractivity contribution is 6.74. The lowest BCUT2D eigenvalue weighted by molar-refractivity contribution is -0.136. The van der Waals surface area contributed by atoms with E-state index in [4.69, 9.17) is 11.6 Å². The normalized spacial score (nSPS) is 13.0. The zero-order valence-corrected chi connectivity index (χ0v) is 7.71. The monoisotopic (exact) mass is 247 g/mol. The molecule has 1 aromatic carbocycles.